The predicted octanol–water partition coefficient (Wildman–Crippen LogP) is 5.09. The van der Waals surface area contributed by atoms with E-state index in [1.54, 1.807) is 17.4 Å². The van der Waals surface area contributed by atoms with Crippen LogP contribution in [0.15, 0.2) is 39.9 Å². The lowest BCUT2D eigenvalue weighted by molar-refractivity contribution is 0.568. The number of hydrogen-bond acceptors (Lipinski definition) is 5. The van der Waals surface area contributed by atoms with Gasteiger partial charge in [-0.1, -0.05) is 30.7 Å². The molecule has 4 nitrogen and oxygen atoms in total. The highest BCUT2D eigenvalue weighted by Gasteiger charge is 2.22. The van der Waals surface area contributed by atoms with Crippen LogP contribution in [0.3, 0.4) is 0 Å². The maximum absolute atomic E-state index is 12.8. The van der Waals surface area contributed by atoms with Crippen molar-refractivity contribution in [2.75, 3.05) is 0 Å². The van der Waals surface area contributed by atoms with E-state index in [0.717, 1.165) is 33.1 Å². The first kappa shape index (κ1) is 19.2. The molecule has 3 aromatic rings. The number of sulfonamides is 1. The van der Waals surface area contributed by atoms with Gasteiger partial charge in [-0.05, 0) is 50.5 Å². The zero-order valence-electron chi connectivity index (χ0n) is 15.2. The Balaban J connectivity index is 1.82. The van der Waals surface area contributed by atoms with Crippen molar-refractivity contribution in [3.05, 3.63) is 58.1 Å². The molecular weight excluding hydrogens is 384 g/mol. The third kappa shape index (κ3) is 4.06. The van der Waals surface area contributed by atoms with E-state index in [0.29, 0.717) is 4.21 Å². The van der Waals surface area contributed by atoms with Gasteiger partial charge in [-0.15, -0.1) is 22.7 Å². The second-order valence-corrected chi connectivity index (χ2v) is 10.2. The van der Waals surface area contributed by atoms with Gasteiger partial charge in [0.2, 0.25) is 0 Å². The lowest BCUT2D eigenvalue weighted by Crippen LogP contribution is -2.26. The van der Waals surface area contributed by atoms with E-state index in [-0.39, 0.29) is 6.04 Å². The fourth-order valence-electron chi connectivity index (χ4n) is 2.83. The topological polar surface area (TPSA) is 59.1 Å². The molecular formula is C19H22N2O2S3. The molecule has 1 aromatic carbocycles. The third-order valence-corrected chi connectivity index (χ3v) is 8.37. The van der Waals surface area contributed by atoms with Crippen LogP contribution in [0.25, 0.3) is 9.88 Å². The molecule has 2 aromatic heterocycles. The Hall–Kier alpha value is -1.54. The van der Waals surface area contributed by atoms with E-state index in [4.69, 9.17) is 0 Å². The van der Waals surface area contributed by atoms with E-state index in [1.807, 2.05) is 44.4 Å². The fourth-order valence-corrected chi connectivity index (χ4v) is 6.35. The molecule has 0 saturated heterocycles. The maximum atomic E-state index is 12.8. The summed E-state index contributed by atoms with van der Waals surface area (Å²) >= 11 is 2.81. The molecule has 0 aliphatic heterocycles. The van der Waals surface area contributed by atoms with Crippen LogP contribution in [0.2, 0.25) is 0 Å². The molecule has 0 radical (unpaired) electrons. The maximum Gasteiger partial charge on any atom is 0.250 e. The molecule has 0 saturated carbocycles. The number of rotatable bonds is 6. The molecule has 0 aliphatic rings. The van der Waals surface area contributed by atoms with Crippen LogP contribution in [0.5, 0.6) is 0 Å². The highest BCUT2D eigenvalue weighted by molar-refractivity contribution is 7.91. The van der Waals surface area contributed by atoms with Crippen LogP contribution in [-0.2, 0) is 16.4 Å². The van der Waals surface area contributed by atoms with E-state index in [1.165, 1.54) is 16.9 Å². The van der Waals surface area contributed by atoms with E-state index in [9.17, 15) is 8.42 Å². The summed E-state index contributed by atoms with van der Waals surface area (Å²) in [5.74, 6) is 0. The number of hydrogen-bond donors (Lipinski definition) is 1. The van der Waals surface area contributed by atoms with Gasteiger partial charge in [0.05, 0.1) is 10.6 Å². The Morgan fingerprint density at radius 3 is 2.62 bits per heavy atom. The minimum absolute atomic E-state index is 0.294. The van der Waals surface area contributed by atoms with Gasteiger partial charge in [0.1, 0.15) is 9.22 Å². The number of nitrogens with one attached hydrogen (secondary N) is 1. The quantitative estimate of drug-likeness (QED) is 0.620. The molecule has 0 spiro atoms. The summed E-state index contributed by atoms with van der Waals surface area (Å²) in [5, 5.41) is 2.89. The molecule has 1 atom stereocenters. The van der Waals surface area contributed by atoms with Crippen LogP contribution in [0, 0.1) is 13.8 Å². The van der Waals surface area contributed by atoms with Crippen molar-refractivity contribution in [2.24, 2.45) is 0 Å². The number of thiophene rings is 1. The zero-order valence-corrected chi connectivity index (χ0v) is 17.7. The van der Waals surface area contributed by atoms with Gasteiger partial charge in [-0.3, -0.25) is 0 Å². The van der Waals surface area contributed by atoms with E-state index < -0.39 is 10.0 Å². The predicted molar refractivity (Wildman–Crippen MR) is 109 cm³/mol. The summed E-state index contributed by atoms with van der Waals surface area (Å²) < 4.78 is 28.7. The van der Waals surface area contributed by atoms with Crippen molar-refractivity contribution in [1.29, 1.82) is 0 Å². The summed E-state index contributed by atoms with van der Waals surface area (Å²) in [6.45, 7) is 7.96. The number of benzene rings is 1. The van der Waals surface area contributed by atoms with Crippen LogP contribution in [0.4, 0.5) is 0 Å². The Kier molecular flexibility index (Phi) is 5.62. The smallest absolute Gasteiger partial charge is 0.240 e. The van der Waals surface area contributed by atoms with Gasteiger partial charge in [0.15, 0.2) is 0 Å². The van der Waals surface area contributed by atoms with Crippen molar-refractivity contribution in [1.82, 2.24) is 9.71 Å². The fraction of sp³-hybridized carbons (Fsp3) is 0.316. The van der Waals surface area contributed by atoms with Crippen molar-refractivity contribution < 1.29 is 8.42 Å². The van der Waals surface area contributed by atoms with Crippen LogP contribution in [-0.4, -0.2) is 13.4 Å². The van der Waals surface area contributed by atoms with Gasteiger partial charge in [0.25, 0.3) is 10.0 Å². The first-order valence-corrected chi connectivity index (χ1v) is 11.6. The van der Waals surface area contributed by atoms with Crippen LogP contribution < -0.4 is 4.72 Å². The number of aryl methyl sites for hydroxylation is 3. The van der Waals surface area contributed by atoms with Gasteiger partial charge in [-0.2, -0.15) is 0 Å². The largest absolute Gasteiger partial charge is 0.250 e. The SMILES string of the molecule is CCc1csc(-c2ccc(S(=O)(=O)N[C@H](C)c3ccc(C)cc3C)s2)n1. The Bertz CT molecular complexity index is 1020. The molecule has 138 valence electrons. The molecule has 3 rings (SSSR count). The average molecular weight is 407 g/mol. The normalized spacial score (nSPS) is 13.1. The van der Waals surface area contributed by atoms with Crippen molar-refractivity contribution in [3.63, 3.8) is 0 Å². The summed E-state index contributed by atoms with van der Waals surface area (Å²) in [6.07, 6.45) is 0.877. The van der Waals surface area contributed by atoms with Crippen molar-refractivity contribution in [3.8, 4) is 9.88 Å². The Morgan fingerprint density at radius 2 is 1.96 bits per heavy atom. The molecule has 0 aliphatic carbocycles. The first-order chi connectivity index (χ1) is 12.3. The van der Waals surface area contributed by atoms with Crippen molar-refractivity contribution in [2.45, 2.75) is 44.4 Å². The van der Waals surface area contributed by atoms with Gasteiger partial charge in [0, 0.05) is 11.4 Å². The second-order valence-electron chi connectivity index (χ2n) is 6.32. The van der Waals surface area contributed by atoms with E-state index >= 15 is 0 Å². The molecule has 2 heterocycles. The molecule has 0 unspecified atom stereocenters. The third-order valence-electron chi connectivity index (χ3n) is 4.19. The summed E-state index contributed by atoms with van der Waals surface area (Å²) in [7, 11) is -3.58. The molecule has 0 amide bonds. The first-order valence-electron chi connectivity index (χ1n) is 8.44. The van der Waals surface area contributed by atoms with Gasteiger partial charge in [-0.25, -0.2) is 18.1 Å². The molecule has 0 bridgehead atoms. The number of thiazole rings is 1. The Labute approximate surface area is 163 Å². The minimum Gasteiger partial charge on any atom is -0.240 e. The molecule has 1 N–H and O–H groups in total. The standard InChI is InChI=1S/C19H22N2O2S3/c1-5-15-11-24-19(20-15)17-8-9-18(25-17)26(22,23)21-14(4)16-7-6-12(2)10-13(16)3/h6-11,14,21H,5H2,1-4H3/t14-/m1/s1. The van der Waals surface area contributed by atoms with Crippen LogP contribution in [0.1, 0.15) is 42.3 Å². The van der Waals surface area contributed by atoms with Gasteiger partial charge >= 0.3 is 0 Å². The number of nitrogens with zero attached hydrogens (tertiary/aromatic N) is 1. The summed E-state index contributed by atoms with van der Waals surface area (Å²) in [5.41, 5.74) is 4.27. The molecule has 26 heavy (non-hydrogen) atoms. The second kappa shape index (κ2) is 7.60. The highest BCUT2D eigenvalue weighted by Crippen LogP contribution is 2.33. The summed E-state index contributed by atoms with van der Waals surface area (Å²) in [6, 6.07) is 9.25. The lowest BCUT2D eigenvalue weighted by atomic mass is 10.0. The lowest BCUT2D eigenvalue weighted by Gasteiger charge is -2.16. The van der Waals surface area contributed by atoms with Gasteiger partial charge < -0.3 is 0 Å². The Morgan fingerprint density at radius 1 is 1.19 bits per heavy atom. The molecule has 0 fully saturated rings. The molecule has 7 heteroatoms. The number of aromatic nitrogens is 1. The minimum atomic E-state index is -3.58. The van der Waals surface area contributed by atoms with Crippen molar-refractivity contribution >= 4 is 32.7 Å². The highest BCUT2D eigenvalue weighted by atomic mass is 32.2. The average Bonchev–Trinajstić information content (AvgIpc) is 3.23. The van der Waals surface area contributed by atoms with E-state index in [2.05, 4.69) is 22.7 Å². The monoisotopic (exact) mass is 406 g/mol. The summed E-state index contributed by atoms with van der Waals surface area (Å²) in [4.78, 5) is 5.42. The van der Waals surface area contributed by atoms with Crippen LogP contribution >= 0.6 is 22.7 Å². The zero-order chi connectivity index (χ0) is 18.9.